The fourth-order valence-corrected chi connectivity index (χ4v) is 3.40. The van der Waals surface area contributed by atoms with Crippen LogP contribution >= 0.6 is 0 Å². The lowest BCUT2D eigenvalue weighted by Gasteiger charge is -2.47. The van der Waals surface area contributed by atoms with E-state index in [1.165, 1.54) is 45.4 Å². The second-order valence-corrected chi connectivity index (χ2v) is 6.98. The molecule has 2 aliphatic heterocycles. The standard InChI is InChI=1S/C16H33N3/c1-13(2)15(4)17-8-10-18-12-16-7-5-6-9-19(16)11-14(18)3/h13-17H,5-12H2,1-4H3. The average molecular weight is 267 g/mol. The van der Waals surface area contributed by atoms with Crippen molar-refractivity contribution >= 4 is 0 Å². The number of hydrogen-bond acceptors (Lipinski definition) is 3. The van der Waals surface area contributed by atoms with E-state index < -0.39 is 0 Å². The van der Waals surface area contributed by atoms with Gasteiger partial charge in [0.25, 0.3) is 0 Å². The van der Waals surface area contributed by atoms with Crippen LogP contribution in [-0.4, -0.2) is 60.6 Å². The summed E-state index contributed by atoms with van der Waals surface area (Å²) in [6, 6.07) is 2.20. The van der Waals surface area contributed by atoms with E-state index >= 15 is 0 Å². The molecule has 2 heterocycles. The molecule has 0 aromatic rings. The molecule has 112 valence electrons. The minimum atomic E-state index is 0.631. The summed E-state index contributed by atoms with van der Waals surface area (Å²) in [5.74, 6) is 0.729. The van der Waals surface area contributed by atoms with Crippen LogP contribution in [0.2, 0.25) is 0 Å². The second kappa shape index (κ2) is 7.05. The van der Waals surface area contributed by atoms with Gasteiger partial charge in [-0.25, -0.2) is 0 Å². The highest BCUT2D eigenvalue weighted by molar-refractivity contribution is 4.89. The Morgan fingerprint density at radius 2 is 1.95 bits per heavy atom. The molecule has 3 heteroatoms. The zero-order valence-corrected chi connectivity index (χ0v) is 13.4. The van der Waals surface area contributed by atoms with Crippen LogP contribution in [0.5, 0.6) is 0 Å². The summed E-state index contributed by atoms with van der Waals surface area (Å²) in [5, 5.41) is 3.67. The molecule has 2 aliphatic rings. The van der Waals surface area contributed by atoms with E-state index in [1.54, 1.807) is 0 Å². The zero-order chi connectivity index (χ0) is 13.8. The van der Waals surface area contributed by atoms with Gasteiger partial charge in [0.2, 0.25) is 0 Å². The summed E-state index contributed by atoms with van der Waals surface area (Å²) in [4.78, 5) is 5.43. The molecule has 0 bridgehead atoms. The van der Waals surface area contributed by atoms with E-state index in [-0.39, 0.29) is 0 Å². The fourth-order valence-electron chi connectivity index (χ4n) is 3.40. The molecule has 3 nitrogen and oxygen atoms in total. The summed E-state index contributed by atoms with van der Waals surface area (Å²) in [6.07, 6.45) is 4.27. The number of piperidine rings is 1. The van der Waals surface area contributed by atoms with Gasteiger partial charge in [-0.15, -0.1) is 0 Å². The molecule has 0 amide bonds. The highest BCUT2D eigenvalue weighted by Gasteiger charge is 2.32. The van der Waals surface area contributed by atoms with E-state index in [1.807, 2.05) is 0 Å². The largest absolute Gasteiger partial charge is 0.313 e. The molecule has 2 saturated heterocycles. The Hall–Kier alpha value is -0.120. The van der Waals surface area contributed by atoms with Crippen molar-refractivity contribution in [3.8, 4) is 0 Å². The molecule has 3 unspecified atom stereocenters. The monoisotopic (exact) mass is 267 g/mol. The molecule has 0 saturated carbocycles. The van der Waals surface area contributed by atoms with Gasteiger partial charge in [0.05, 0.1) is 0 Å². The smallest absolute Gasteiger partial charge is 0.0223 e. The summed E-state index contributed by atoms with van der Waals surface area (Å²) >= 11 is 0. The van der Waals surface area contributed by atoms with E-state index in [4.69, 9.17) is 0 Å². The molecular formula is C16H33N3. The molecule has 0 radical (unpaired) electrons. The molecule has 0 aromatic carbocycles. The van der Waals surface area contributed by atoms with Crippen molar-refractivity contribution in [2.24, 2.45) is 5.92 Å². The van der Waals surface area contributed by atoms with Gasteiger partial charge < -0.3 is 5.32 Å². The van der Waals surface area contributed by atoms with Gasteiger partial charge in [0.15, 0.2) is 0 Å². The third kappa shape index (κ3) is 4.17. The third-order valence-corrected chi connectivity index (χ3v) is 5.18. The highest BCUT2D eigenvalue weighted by atomic mass is 15.3. The Labute approximate surface area is 119 Å². The van der Waals surface area contributed by atoms with Crippen molar-refractivity contribution in [3.63, 3.8) is 0 Å². The molecule has 2 fully saturated rings. The highest BCUT2D eigenvalue weighted by Crippen LogP contribution is 2.23. The molecule has 1 N–H and O–H groups in total. The minimum absolute atomic E-state index is 0.631. The Bertz CT molecular complexity index is 267. The van der Waals surface area contributed by atoms with Gasteiger partial charge in [-0.1, -0.05) is 20.3 Å². The first kappa shape index (κ1) is 15.3. The topological polar surface area (TPSA) is 18.5 Å². The van der Waals surface area contributed by atoms with Crippen LogP contribution in [-0.2, 0) is 0 Å². The lowest BCUT2D eigenvalue weighted by Crippen LogP contribution is -2.59. The van der Waals surface area contributed by atoms with Crippen molar-refractivity contribution in [2.45, 2.75) is 65.1 Å². The maximum Gasteiger partial charge on any atom is 0.0223 e. The maximum atomic E-state index is 3.67. The van der Waals surface area contributed by atoms with Crippen molar-refractivity contribution in [2.75, 3.05) is 32.7 Å². The van der Waals surface area contributed by atoms with E-state index in [0.29, 0.717) is 6.04 Å². The molecule has 0 aromatic heterocycles. The van der Waals surface area contributed by atoms with Crippen LogP contribution in [0.25, 0.3) is 0 Å². The van der Waals surface area contributed by atoms with Crippen molar-refractivity contribution in [1.29, 1.82) is 0 Å². The van der Waals surface area contributed by atoms with Gasteiger partial charge in [-0.3, -0.25) is 9.80 Å². The Balaban J connectivity index is 1.74. The predicted molar refractivity (Wildman–Crippen MR) is 82.5 cm³/mol. The quantitative estimate of drug-likeness (QED) is 0.824. The van der Waals surface area contributed by atoms with Crippen molar-refractivity contribution < 1.29 is 0 Å². The number of nitrogens with one attached hydrogen (secondary N) is 1. The number of rotatable bonds is 5. The van der Waals surface area contributed by atoms with Crippen molar-refractivity contribution in [3.05, 3.63) is 0 Å². The number of piperazine rings is 1. The summed E-state index contributed by atoms with van der Waals surface area (Å²) < 4.78 is 0. The molecule has 3 atom stereocenters. The second-order valence-electron chi connectivity index (χ2n) is 6.98. The van der Waals surface area contributed by atoms with Crippen LogP contribution in [0.3, 0.4) is 0 Å². The van der Waals surface area contributed by atoms with Gasteiger partial charge in [-0.05, 0) is 39.2 Å². The lowest BCUT2D eigenvalue weighted by atomic mass is 9.97. The normalized spacial score (nSPS) is 31.4. The maximum absolute atomic E-state index is 3.67. The first-order chi connectivity index (χ1) is 9.08. The SMILES string of the molecule is CC(C)C(C)NCCN1CC2CCCCN2CC1C. The van der Waals surface area contributed by atoms with Gasteiger partial charge in [0.1, 0.15) is 0 Å². The van der Waals surface area contributed by atoms with E-state index in [9.17, 15) is 0 Å². The minimum Gasteiger partial charge on any atom is -0.313 e. The molecule has 0 aliphatic carbocycles. The van der Waals surface area contributed by atoms with Crippen LogP contribution in [0, 0.1) is 5.92 Å². The number of fused-ring (bicyclic) bond motifs is 1. The fraction of sp³-hybridized carbons (Fsp3) is 1.00. The average Bonchev–Trinajstić information content (AvgIpc) is 2.39. The summed E-state index contributed by atoms with van der Waals surface area (Å²) in [5.41, 5.74) is 0. The van der Waals surface area contributed by atoms with E-state index in [0.717, 1.165) is 24.5 Å². The molecule has 19 heavy (non-hydrogen) atoms. The first-order valence-corrected chi connectivity index (χ1v) is 8.29. The van der Waals surface area contributed by atoms with Gasteiger partial charge in [-0.2, -0.15) is 0 Å². The predicted octanol–water partition coefficient (Wildman–Crippen LogP) is 2.18. The summed E-state index contributed by atoms with van der Waals surface area (Å²) in [7, 11) is 0. The van der Waals surface area contributed by atoms with E-state index in [2.05, 4.69) is 42.8 Å². The van der Waals surface area contributed by atoms with Crippen molar-refractivity contribution in [1.82, 2.24) is 15.1 Å². The van der Waals surface area contributed by atoms with Crippen LogP contribution < -0.4 is 5.32 Å². The number of nitrogens with zero attached hydrogens (tertiary/aromatic N) is 2. The molecule has 2 rings (SSSR count). The van der Waals surface area contributed by atoms with Gasteiger partial charge >= 0.3 is 0 Å². The van der Waals surface area contributed by atoms with Crippen LogP contribution in [0.1, 0.15) is 47.0 Å². The molecular weight excluding hydrogens is 234 g/mol. The Morgan fingerprint density at radius 1 is 1.16 bits per heavy atom. The third-order valence-electron chi connectivity index (χ3n) is 5.18. The number of hydrogen-bond donors (Lipinski definition) is 1. The first-order valence-electron chi connectivity index (χ1n) is 8.29. The van der Waals surface area contributed by atoms with Gasteiger partial charge in [0, 0.05) is 44.3 Å². The summed E-state index contributed by atoms with van der Waals surface area (Å²) in [6.45, 7) is 15.5. The van der Waals surface area contributed by atoms with Crippen LogP contribution in [0.4, 0.5) is 0 Å². The zero-order valence-electron chi connectivity index (χ0n) is 13.4. The molecule has 0 spiro atoms. The Morgan fingerprint density at radius 3 is 2.68 bits per heavy atom. The van der Waals surface area contributed by atoms with Crippen LogP contribution in [0.15, 0.2) is 0 Å². The Kier molecular flexibility index (Phi) is 5.67. The lowest BCUT2D eigenvalue weighted by molar-refractivity contribution is 0.0156.